The highest BCUT2D eigenvalue weighted by atomic mass is 19.4. The number of benzene rings is 2. The molecule has 0 aliphatic heterocycles. The SMILES string of the molecule is CCOc1cc(O)ccc1C(c1ccc(O)cc1)(C(F)(F)F)C(F)(F)F. The van der Waals surface area contributed by atoms with Crippen LogP contribution in [0, 0.1) is 0 Å². The van der Waals surface area contributed by atoms with E-state index in [4.69, 9.17) is 4.74 Å². The summed E-state index contributed by atoms with van der Waals surface area (Å²) in [6.45, 7) is 1.18. The van der Waals surface area contributed by atoms with Crippen LogP contribution in [0.4, 0.5) is 26.3 Å². The summed E-state index contributed by atoms with van der Waals surface area (Å²) in [5, 5.41) is 18.7. The first-order valence-electron chi connectivity index (χ1n) is 7.34. The number of ether oxygens (including phenoxy) is 1. The summed E-state index contributed by atoms with van der Waals surface area (Å²) in [7, 11) is 0. The van der Waals surface area contributed by atoms with E-state index in [1.54, 1.807) is 0 Å². The van der Waals surface area contributed by atoms with Gasteiger partial charge in [0.25, 0.3) is 0 Å². The molecule has 0 atom stereocenters. The predicted molar refractivity (Wildman–Crippen MR) is 80.3 cm³/mol. The Labute approximate surface area is 144 Å². The summed E-state index contributed by atoms with van der Waals surface area (Å²) < 4.78 is 88.7. The van der Waals surface area contributed by atoms with E-state index in [0.717, 1.165) is 18.2 Å². The molecule has 142 valence electrons. The Morgan fingerprint density at radius 1 is 0.808 bits per heavy atom. The van der Waals surface area contributed by atoms with Crippen LogP contribution in [-0.2, 0) is 5.41 Å². The summed E-state index contributed by atoms with van der Waals surface area (Å²) in [4.78, 5) is 0. The zero-order valence-corrected chi connectivity index (χ0v) is 13.3. The molecule has 2 aromatic rings. The zero-order chi connectivity index (χ0) is 19.8. The van der Waals surface area contributed by atoms with Gasteiger partial charge in [-0.1, -0.05) is 18.2 Å². The van der Waals surface area contributed by atoms with Crippen LogP contribution in [0.1, 0.15) is 18.1 Å². The molecule has 2 rings (SSSR count). The van der Waals surface area contributed by atoms with E-state index in [1.807, 2.05) is 0 Å². The van der Waals surface area contributed by atoms with Gasteiger partial charge in [-0.3, -0.25) is 0 Å². The van der Waals surface area contributed by atoms with E-state index in [1.165, 1.54) is 6.92 Å². The fraction of sp³-hybridized carbons (Fsp3) is 0.294. The average Bonchev–Trinajstić information content (AvgIpc) is 2.49. The van der Waals surface area contributed by atoms with Gasteiger partial charge >= 0.3 is 12.4 Å². The van der Waals surface area contributed by atoms with Crippen molar-refractivity contribution in [2.75, 3.05) is 6.61 Å². The Morgan fingerprint density at radius 3 is 1.77 bits per heavy atom. The Hall–Kier alpha value is -2.58. The Bertz CT molecular complexity index is 752. The Morgan fingerprint density at radius 2 is 1.31 bits per heavy atom. The number of alkyl halides is 6. The van der Waals surface area contributed by atoms with Crippen molar-refractivity contribution < 1.29 is 41.3 Å². The van der Waals surface area contributed by atoms with Crippen LogP contribution in [-0.4, -0.2) is 29.2 Å². The number of rotatable bonds is 4. The van der Waals surface area contributed by atoms with E-state index in [-0.39, 0.29) is 6.61 Å². The number of aromatic hydroxyl groups is 2. The summed E-state index contributed by atoms with van der Waals surface area (Å²) in [6, 6.07) is 4.55. The van der Waals surface area contributed by atoms with E-state index in [0.29, 0.717) is 24.3 Å². The predicted octanol–water partition coefficient (Wildman–Crippen LogP) is 4.91. The van der Waals surface area contributed by atoms with Crippen LogP contribution in [0.25, 0.3) is 0 Å². The molecule has 0 aromatic heterocycles. The number of hydrogen-bond acceptors (Lipinski definition) is 3. The molecule has 0 heterocycles. The van der Waals surface area contributed by atoms with Gasteiger partial charge in [-0.25, -0.2) is 0 Å². The van der Waals surface area contributed by atoms with Crippen LogP contribution in [0.3, 0.4) is 0 Å². The maximum absolute atomic E-state index is 14.0. The van der Waals surface area contributed by atoms with Crippen molar-refractivity contribution in [2.24, 2.45) is 0 Å². The van der Waals surface area contributed by atoms with Gasteiger partial charge in [0.2, 0.25) is 5.41 Å². The molecule has 26 heavy (non-hydrogen) atoms. The minimum Gasteiger partial charge on any atom is -0.508 e. The molecule has 3 nitrogen and oxygen atoms in total. The first-order chi connectivity index (χ1) is 11.9. The molecule has 2 N–H and O–H groups in total. The maximum atomic E-state index is 14.0. The van der Waals surface area contributed by atoms with E-state index in [9.17, 15) is 36.6 Å². The summed E-state index contributed by atoms with van der Waals surface area (Å²) >= 11 is 0. The maximum Gasteiger partial charge on any atom is 0.411 e. The highest BCUT2D eigenvalue weighted by Crippen LogP contribution is 2.58. The van der Waals surface area contributed by atoms with E-state index in [2.05, 4.69) is 0 Å². The zero-order valence-electron chi connectivity index (χ0n) is 13.3. The van der Waals surface area contributed by atoms with Gasteiger partial charge in [-0.05, 0) is 30.7 Å². The molecule has 0 unspecified atom stereocenters. The van der Waals surface area contributed by atoms with Crippen LogP contribution in [0.2, 0.25) is 0 Å². The third-order valence-electron chi connectivity index (χ3n) is 3.82. The minimum absolute atomic E-state index is 0.210. The quantitative estimate of drug-likeness (QED) is 0.742. The lowest BCUT2D eigenvalue weighted by molar-refractivity contribution is -0.289. The molecule has 0 fully saturated rings. The number of hydrogen-bond donors (Lipinski definition) is 2. The first-order valence-corrected chi connectivity index (χ1v) is 7.34. The van der Waals surface area contributed by atoms with Crippen LogP contribution in [0.5, 0.6) is 17.2 Å². The van der Waals surface area contributed by atoms with Crippen molar-refractivity contribution >= 4 is 0 Å². The Kier molecular flexibility index (Phi) is 5.03. The molecule has 9 heteroatoms. The van der Waals surface area contributed by atoms with Gasteiger partial charge in [0, 0.05) is 11.6 Å². The summed E-state index contributed by atoms with van der Waals surface area (Å²) in [5.41, 5.74) is -6.75. The molecule has 0 spiro atoms. The standard InChI is InChI=1S/C17H14F6O3/c1-2-26-14-9-12(25)7-8-13(14)15(16(18,19)20,17(21,22)23)10-3-5-11(24)6-4-10/h3-9,24-25H,2H2,1H3. The smallest absolute Gasteiger partial charge is 0.411 e. The lowest BCUT2D eigenvalue weighted by Gasteiger charge is -2.39. The Balaban J connectivity index is 2.96. The summed E-state index contributed by atoms with van der Waals surface area (Å²) in [6.07, 6.45) is -11.6. The highest BCUT2D eigenvalue weighted by Gasteiger charge is 2.73. The molecule has 0 aliphatic carbocycles. The third kappa shape index (κ3) is 3.13. The van der Waals surface area contributed by atoms with Gasteiger partial charge in [-0.15, -0.1) is 0 Å². The van der Waals surface area contributed by atoms with E-state index >= 15 is 0 Å². The van der Waals surface area contributed by atoms with Crippen LogP contribution < -0.4 is 4.74 Å². The van der Waals surface area contributed by atoms with Gasteiger partial charge < -0.3 is 14.9 Å². The third-order valence-corrected chi connectivity index (χ3v) is 3.82. The van der Waals surface area contributed by atoms with Crippen molar-refractivity contribution in [1.82, 2.24) is 0 Å². The van der Waals surface area contributed by atoms with Crippen LogP contribution >= 0.6 is 0 Å². The number of halogens is 6. The first kappa shape index (κ1) is 19.7. The van der Waals surface area contributed by atoms with Crippen molar-refractivity contribution in [3.63, 3.8) is 0 Å². The number of phenols is 2. The summed E-state index contributed by atoms with van der Waals surface area (Å²) in [5.74, 6) is -1.76. The second kappa shape index (κ2) is 6.62. The lowest BCUT2D eigenvalue weighted by Crippen LogP contribution is -2.55. The molecule has 2 aromatic carbocycles. The van der Waals surface area contributed by atoms with Crippen molar-refractivity contribution in [1.29, 1.82) is 0 Å². The monoisotopic (exact) mass is 380 g/mol. The van der Waals surface area contributed by atoms with Gasteiger partial charge in [-0.2, -0.15) is 26.3 Å². The number of phenolic OH excluding ortho intramolecular Hbond substituents is 2. The normalized spacial score (nSPS) is 12.9. The van der Waals surface area contributed by atoms with Crippen molar-refractivity contribution in [3.8, 4) is 17.2 Å². The van der Waals surface area contributed by atoms with Gasteiger partial charge in [0.15, 0.2) is 0 Å². The molecule has 0 radical (unpaired) electrons. The average molecular weight is 380 g/mol. The minimum atomic E-state index is -5.79. The van der Waals surface area contributed by atoms with Gasteiger partial charge in [0.05, 0.1) is 6.61 Å². The molecule has 0 saturated heterocycles. The largest absolute Gasteiger partial charge is 0.508 e. The lowest BCUT2D eigenvalue weighted by atomic mass is 9.72. The van der Waals surface area contributed by atoms with Crippen molar-refractivity contribution in [3.05, 3.63) is 53.6 Å². The second-order valence-corrected chi connectivity index (χ2v) is 5.41. The fourth-order valence-electron chi connectivity index (χ4n) is 2.76. The molecule has 0 bridgehead atoms. The molecule has 0 aliphatic rings. The second-order valence-electron chi connectivity index (χ2n) is 5.41. The van der Waals surface area contributed by atoms with E-state index < -0.39 is 46.1 Å². The topological polar surface area (TPSA) is 49.7 Å². The molecular weight excluding hydrogens is 366 g/mol. The molecule has 0 saturated carbocycles. The van der Waals surface area contributed by atoms with Crippen molar-refractivity contribution in [2.45, 2.75) is 24.7 Å². The fourth-order valence-corrected chi connectivity index (χ4v) is 2.76. The highest BCUT2D eigenvalue weighted by molar-refractivity contribution is 5.53. The van der Waals surface area contributed by atoms with Crippen LogP contribution in [0.15, 0.2) is 42.5 Å². The molecule has 0 amide bonds. The molecular formula is C17H14F6O3. The van der Waals surface area contributed by atoms with Gasteiger partial charge in [0.1, 0.15) is 17.2 Å².